The van der Waals surface area contributed by atoms with Gasteiger partial charge in [0.25, 0.3) is 5.91 Å². The Morgan fingerprint density at radius 2 is 1.89 bits per heavy atom. The topological polar surface area (TPSA) is 63.7 Å². The summed E-state index contributed by atoms with van der Waals surface area (Å²) in [6, 6.07) is 11.4. The third-order valence-electron chi connectivity index (χ3n) is 4.60. The predicted octanol–water partition coefficient (Wildman–Crippen LogP) is 3.83. The smallest absolute Gasteiger partial charge is 0.254 e. The van der Waals surface area contributed by atoms with Crippen molar-refractivity contribution in [1.29, 1.82) is 0 Å². The second-order valence-corrected chi connectivity index (χ2v) is 9.53. The summed E-state index contributed by atoms with van der Waals surface area (Å²) in [4.78, 5) is 14.7. The number of halogens is 2. The number of carbonyl (C=O) groups is 1. The van der Waals surface area contributed by atoms with Crippen LogP contribution in [0, 0.1) is 0 Å². The molecule has 0 N–H and O–H groups in total. The molecular weight excluding hydrogens is 409 g/mol. The van der Waals surface area contributed by atoms with Crippen LogP contribution in [0.5, 0.6) is 5.75 Å². The Balaban J connectivity index is 1.92. The molecule has 1 amide bonds. The van der Waals surface area contributed by atoms with Crippen LogP contribution >= 0.6 is 23.2 Å². The average molecular weight is 428 g/mol. The van der Waals surface area contributed by atoms with Crippen LogP contribution in [0.2, 0.25) is 10.0 Å². The number of nitrogens with zero attached hydrogens (tertiary/aromatic N) is 1. The fourth-order valence-electron chi connectivity index (χ4n) is 3.12. The maximum atomic E-state index is 13.1. The van der Waals surface area contributed by atoms with E-state index in [1.807, 2.05) is 0 Å². The highest BCUT2D eigenvalue weighted by Gasteiger charge is 2.35. The van der Waals surface area contributed by atoms with Gasteiger partial charge in [0, 0.05) is 28.2 Å². The standard InChI is InChI=1S/C19H19Cl2NO4S/c1-26-17-6-3-13(4-7-17)19(23)22(16-8-9-27(24,25)12-16)11-14-2-5-15(20)10-18(14)21/h2-7,10,16H,8-9,11-12H2,1H3. The molecule has 0 aromatic heterocycles. The van der Waals surface area contributed by atoms with Crippen molar-refractivity contribution in [1.82, 2.24) is 4.90 Å². The summed E-state index contributed by atoms with van der Waals surface area (Å²) in [7, 11) is -1.59. The van der Waals surface area contributed by atoms with E-state index in [4.69, 9.17) is 27.9 Å². The molecule has 0 aliphatic carbocycles. The van der Waals surface area contributed by atoms with E-state index in [2.05, 4.69) is 0 Å². The number of benzene rings is 2. The molecule has 1 atom stereocenters. The van der Waals surface area contributed by atoms with Crippen molar-refractivity contribution in [2.24, 2.45) is 0 Å². The molecule has 1 saturated heterocycles. The Labute approximate surface area is 168 Å². The van der Waals surface area contributed by atoms with E-state index in [0.29, 0.717) is 33.3 Å². The number of rotatable bonds is 5. The van der Waals surface area contributed by atoms with Crippen LogP contribution < -0.4 is 4.74 Å². The van der Waals surface area contributed by atoms with Gasteiger partial charge in [-0.15, -0.1) is 0 Å². The largest absolute Gasteiger partial charge is 0.497 e. The van der Waals surface area contributed by atoms with Gasteiger partial charge in [0.05, 0.1) is 18.6 Å². The summed E-state index contributed by atoms with van der Waals surface area (Å²) in [5.74, 6) is 0.437. The van der Waals surface area contributed by atoms with Gasteiger partial charge in [0.15, 0.2) is 9.84 Å². The van der Waals surface area contributed by atoms with E-state index < -0.39 is 15.9 Å². The fraction of sp³-hybridized carbons (Fsp3) is 0.316. The van der Waals surface area contributed by atoms with E-state index in [1.165, 1.54) is 0 Å². The van der Waals surface area contributed by atoms with Crippen LogP contribution in [0.4, 0.5) is 0 Å². The molecule has 1 aliphatic rings. The molecule has 1 unspecified atom stereocenters. The van der Waals surface area contributed by atoms with Crippen LogP contribution in [0.1, 0.15) is 22.3 Å². The maximum Gasteiger partial charge on any atom is 0.254 e. The summed E-state index contributed by atoms with van der Waals surface area (Å²) >= 11 is 12.2. The number of methoxy groups -OCH3 is 1. The summed E-state index contributed by atoms with van der Waals surface area (Å²) in [6.07, 6.45) is 0.412. The summed E-state index contributed by atoms with van der Waals surface area (Å²) in [5, 5.41) is 0.941. The lowest BCUT2D eigenvalue weighted by Gasteiger charge is -2.29. The molecule has 1 aliphatic heterocycles. The molecule has 0 radical (unpaired) electrons. The number of sulfone groups is 1. The quantitative estimate of drug-likeness (QED) is 0.726. The Kier molecular flexibility index (Phi) is 5.99. The van der Waals surface area contributed by atoms with Gasteiger partial charge < -0.3 is 9.64 Å². The molecule has 0 saturated carbocycles. The van der Waals surface area contributed by atoms with Crippen molar-refractivity contribution in [2.45, 2.75) is 19.0 Å². The molecule has 0 bridgehead atoms. The van der Waals surface area contributed by atoms with Gasteiger partial charge >= 0.3 is 0 Å². The van der Waals surface area contributed by atoms with Gasteiger partial charge in [-0.3, -0.25) is 4.79 Å². The third-order valence-corrected chi connectivity index (χ3v) is 6.94. The Morgan fingerprint density at radius 1 is 1.19 bits per heavy atom. The highest BCUT2D eigenvalue weighted by Crippen LogP contribution is 2.27. The van der Waals surface area contributed by atoms with Gasteiger partial charge in [-0.05, 0) is 48.4 Å². The molecule has 2 aromatic rings. The first-order valence-electron chi connectivity index (χ1n) is 8.38. The maximum absolute atomic E-state index is 13.1. The molecule has 5 nitrogen and oxygen atoms in total. The first kappa shape index (κ1) is 20.0. The zero-order chi connectivity index (χ0) is 19.6. The first-order valence-corrected chi connectivity index (χ1v) is 11.0. The molecule has 27 heavy (non-hydrogen) atoms. The molecular formula is C19H19Cl2NO4S. The van der Waals surface area contributed by atoms with Crippen molar-refractivity contribution < 1.29 is 17.9 Å². The van der Waals surface area contributed by atoms with Gasteiger partial charge in [-0.1, -0.05) is 29.3 Å². The number of hydrogen-bond acceptors (Lipinski definition) is 4. The van der Waals surface area contributed by atoms with Crippen molar-refractivity contribution in [3.63, 3.8) is 0 Å². The minimum Gasteiger partial charge on any atom is -0.497 e. The monoisotopic (exact) mass is 427 g/mol. The van der Waals surface area contributed by atoms with Crippen molar-refractivity contribution in [3.05, 3.63) is 63.6 Å². The van der Waals surface area contributed by atoms with Crippen molar-refractivity contribution in [2.75, 3.05) is 18.6 Å². The first-order chi connectivity index (χ1) is 12.8. The third kappa shape index (κ3) is 4.75. The normalized spacial score (nSPS) is 18.3. The van der Waals surface area contributed by atoms with Gasteiger partial charge in [0.2, 0.25) is 0 Å². The van der Waals surface area contributed by atoms with Crippen LogP contribution in [-0.2, 0) is 16.4 Å². The molecule has 144 valence electrons. The van der Waals surface area contributed by atoms with Crippen LogP contribution in [-0.4, -0.2) is 43.9 Å². The predicted molar refractivity (Wildman–Crippen MR) is 106 cm³/mol. The highest BCUT2D eigenvalue weighted by atomic mass is 35.5. The lowest BCUT2D eigenvalue weighted by molar-refractivity contribution is 0.0681. The van der Waals surface area contributed by atoms with Crippen molar-refractivity contribution in [3.8, 4) is 5.75 Å². The summed E-state index contributed by atoms with van der Waals surface area (Å²) < 4.78 is 29.0. The average Bonchev–Trinajstić information content (AvgIpc) is 3.00. The van der Waals surface area contributed by atoms with E-state index in [0.717, 1.165) is 0 Å². The number of hydrogen-bond donors (Lipinski definition) is 0. The Bertz CT molecular complexity index is 945. The summed E-state index contributed by atoms with van der Waals surface area (Å²) in [5.41, 5.74) is 1.18. The van der Waals surface area contributed by atoms with Gasteiger partial charge in [-0.2, -0.15) is 0 Å². The zero-order valence-corrected chi connectivity index (χ0v) is 17.0. The molecule has 2 aromatic carbocycles. The molecule has 1 fully saturated rings. The van der Waals surface area contributed by atoms with Gasteiger partial charge in [0.1, 0.15) is 5.75 Å². The Morgan fingerprint density at radius 3 is 2.44 bits per heavy atom. The van der Waals surface area contributed by atoms with E-state index in [1.54, 1.807) is 54.5 Å². The zero-order valence-electron chi connectivity index (χ0n) is 14.7. The number of amides is 1. The Hall–Kier alpha value is -1.76. The van der Waals surface area contributed by atoms with Crippen LogP contribution in [0.3, 0.4) is 0 Å². The minimum absolute atomic E-state index is 0.0416. The van der Waals surface area contributed by atoms with Gasteiger partial charge in [-0.25, -0.2) is 8.42 Å². The molecule has 0 spiro atoms. The van der Waals surface area contributed by atoms with Crippen LogP contribution in [0.25, 0.3) is 0 Å². The SMILES string of the molecule is COc1ccc(C(=O)N(Cc2ccc(Cl)cc2Cl)C2CCS(=O)(=O)C2)cc1. The van der Waals surface area contributed by atoms with E-state index in [-0.39, 0.29) is 24.0 Å². The van der Waals surface area contributed by atoms with Crippen molar-refractivity contribution >= 4 is 38.9 Å². The lowest BCUT2D eigenvalue weighted by Crippen LogP contribution is -2.40. The highest BCUT2D eigenvalue weighted by molar-refractivity contribution is 7.91. The second-order valence-electron chi connectivity index (χ2n) is 6.45. The summed E-state index contributed by atoms with van der Waals surface area (Å²) in [6.45, 7) is 0.209. The minimum atomic E-state index is -3.14. The van der Waals surface area contributed by atoms with Crippen LogP contribution in [0.15, 0.2) is 42.5 Å². The molecule has 3 rings (SSSR count). The number of carbonyl (C=O) groups excluding carboxylic acids is 1. The fourth-order valence-corrected chi connectivity index (χ4v) is 5.32. The molecule has 8 heteroatoms. The van der Waals surface area contributed by atoms with E-state index >= 15 is 0 Å². The number of ether oxygens (including phenoxy) is 1. The molecule has 1 heterocycles. The second kappa shape index (κ2) is 8.09. The van der Waals surface area contributed by atoms with E-state index in [9.17, 15) is 13.2 Å². The lowest BCUT2D eigenvalue weighted by atomic mass is 10.1.